The molecule has 5 nitrogen and oxygen atoms in total. The van der Waals surface area contributed by atoms with Crippen molar-refractivity contribution in [2.24, 2.45) is 0 Å². The van der Waals surface area contributed by atoms with Gasteiger partial charge in [0.2, 0.25) is 0 Å². The zero-order valence-electron chi connectivity index (χ0n) is 8.46. The van der Waals surface area contributed by atoms with E-state index in [4.69, 9.17) is 4.52 Å². The van der Waals surface area contributed by atoms with Crippen LogP contribution in [0, 0.1) is 6.92 Å². The van der Waals surface area contributed by atoms with Crippen molar-refractivity contribution in [3.63, 3.8) is 0 Å². The van der Waals surface area contributed by atoms with Crippen molar-refractivity contribution < 1.29 is 9.32 Å². The maximum atomic E-state index is 11.5. The predicted octanol–water partition coefficient (Wildman–Crippen LogP) is 0.322. The number of rotatable bonds is 5. The van der Waals surface area contributed by atoms with Gasteiger partial charge in [-0.1, -0.05) is 5.16 Å². The predicted molar refractivity (Wildman–Crippen MR) is 52.1 cm³/mol. The van der Waals surface area contributed by atoms with Crippen molar-refractivity contribution in [1.29, 1.82) is 0 Å². The van der Waals surface area contributed by atoms with Gasteiger partial charge in [0.1, 0.15) is 11.3 Å². The van der Waals surface area contributed by atoms with E-state index in [2.05, 4.69) is 15.8 Å². The van der Waals surface area contributed by atoms with Gasteiger partial charge >= 0.3 is 0 Å². The second-order valence-electron chi connectivity index (χ2n) is 3.01. The summed E-state index contributed by atoms with van der Waals surface area (Å²) in [5.74, 6) is 0.427. The van der Waals surface area contributed by atoms with Gasteiger partial charge in [-0.15, -0.1) is 0 Å². The van der Waals surface area contributed by atoms with E-state index >= 15 is 0 Å². The summed E-state index contributed by atoms with van der Waals surface area (Å²) < 4.78 is 4.79. The average Bonchev–Trinajstić information content (AvgIpc) is 2.59. The molecule has 0 atom stereocenters. The normalized spacial score (nSPS) is 10.1. The van der Waals surface area contributed by atoms with Gasteiger partial charge in [-0.25, -0.2) is 0 Å². The van der Waals surface area contributed by atoms with Crippen LogP contribution in [-0.2, 0) is 0 Å². The molecular formula is C9H15N3O2. The molecule has 0 aliphatic rings. The number of aryl methyl sites for hydroxylation is 1. The Labute approximate surface area is 82.8 Å². The summed E-state index contributed by atoms with van der Waals surface area (Å²) in [5.41, 5.74) is 0.509. The highest BCUT2D eigenvalue weighted by atomic mass is 16.5. The summed E-state index contributed by atoms with van der Waals surface area (Å²) in [5, 5.41) is 9.33. The van der Waals surface area contributed by atoms with Crippen molar-refractivity contribution in [2.75, 3.05) is 20.1 Å². The van der Waals surface area contributed by atoms with E-state index in [9.17, 15) is 4.79 Å². The van der Waals surface area contributed by atoms with Gasteiger partial charge in [-0.05, 0) is 26.9 Å². The molecule has 1 heterocycles. The molecule has 78 valence electrons. The fourth-order valence-corrected chi connectivity index (χ4v) is 1.08. The Hall–Kier alpha value is -1.36. The number of amides is 1. The topological polar surface area (TPSA) is 67.2 Å². The Bertz CT molecular complexity index is 296. The van der Waals surface area contributed by atoms with Crippen molar-refractivity contribution in [3.05, 3.63) is 17.5 Å². The Morgan fingerprint density at radius 1 is 1.57 bits per heavy atom. The summed E-state index contributed by atoms with van der Waals surface area (Å²) >= 11 is 0. The van der Waals surface area contributed by atoms with Crippen molar-refractivity contribution >= 4 is 5.91 Å². The molecule has 14 heavy (non-hydrogen) atoms. The van der Waals surface area contributed by atoms with E-state index in [1.165, 1.54) is 6.20 Å². The molecule has 1 rings (SSSR count). The van der Waals surface area contributed by atoms with E-state index in [-0.39, 0.29) is 5.91 Å². The van der Waals surface area contributed by atoms with Gasteiger partial charge in [0.15, 0.2) is 0 Å². The SMILES string of the molecule is CNCCCNC(=O)c1cnoc1C. The first-order valence-electron chi connectivity index (χ1n) is 4.59. The van der Waals surface area contributed by atoms with Crippen LogP contribution in [-0.4, -0.2) is 31.2 Å². The first-order valence-corrected chi connectivity index (χ1v) is 4.59. The molecule has 1 amide bonds. The molecule has 5 heteroatoms. The third-order valence-corrected chi connectivity index (χ3v) is 1.88. The van der Waals surface area contributed by atoms with Crippen LogP contribution >= 0.6 is 0 Å². The largest absolute Gasteiger partial charge is 0.361 e. The average molecular weight is 197 g/mol. The Kier molecular flexibility index (Phi) is 4.12. The van der Waals surface area contributed by atoms with Gasteiger partial charge in [-0.3, -0.25) is 4.79 Å². The van der Waals surface area contributed by atoms with Gasteiger partial charge in [0.25, 0.3) is 5.91 Å². The molecule has 0 aliphatic heterocycles. The molecule has 0 radical (unpaired) electrons. The summed E-state index contributed by atoms with van der Waals surface area (Å²) in [6.45, 7) is 3.27. The minimum atomic E-state index is -0.125. The Balaban J connectivity index is 2.32. The summed E-state index contributed by atoms with van der Waals surface area (Å²) in [7, 11) is 1.88. The lowest BCUT2D eigenvalue weighted by Gasteiger charge is -2.02. The molecule has 0 bridgehead atoms. The number of aromatic nitrogens is 1. The summed E-state index contributed by atoms with van der Waals surface area (Å²) in [4.78, 5) is 11.5. The van der Waals surface area contributed by atoms with Crippen LogP contribution in [0.4, 0.5) is 0 Å². The quantitative estimate of drug-likeness (QED) is 0.667. The first kappa shape index (κ1) is 10.7. The first-order chi connectivity index (χ1) is 6.75. The molecule has 0 aromatic carbocycles. The number of carbonyl (C=O) groups excluding carboxylic acids is 1. The molecule has 1 aromatic rings. The van der Waals surface area contributed by atoms with E-state index < -0.39 is 0 Å². The van der Waals surface area contributed by atoms with E-state index in [0.29, 0.717) is 17.9 Å². The van der Waals surface area contributed by atoms with Gasteiger partial charge in [0, 0.05) is 6.54 Å². The molecule has 0 fully saturated rings. The lowest BCUT2D eigenvalue weighted by atomic mass is 10.2. The third-order valence-electron chi connectivity index (χ3n) is 1.88. The van der Waals surface area contributed by atoms with E-state index in [1.54, 1.807) is 6.92 Å². The Morgan fingerprint density at radius 2 is 2.36 bits per heavy atom. The van der Waals surface area contributed by atoms with E-state index in [0.717, 1.165) is 13.0 Å². The van der Waals surface area contributed by atoms with Gasteiger partial charge < -0.3 is 15.2 Å². The maximum Gasteiger partial charge on any atom is 0.256 e. The van der Waals surface area contributed by atoms with Crippen LogP contribution in [0.25, 0.3) is 0 Å². The van der Waals surface area contributed by atoms with Crippen molar-refractivity contribution in [1.82, 2.24) is 15.8 Å². The van der Waals surface area contributed by atoms with Crippen molar-refractivity contribution in [3.8, 4) is 0 Å². The van der Waals surface area contributed by atoms with Crippen LogP contribution in [0.1, 0.15) is 22.5 Å². The monoisotopic (exact) mass is 197 g/mol. The fourth-order valence-electron chi connectivity index (χ4n) is 1.08. The highest BCUT2D eigenvalue weighted by Gasteiger charge is 2.11. The minimum absolute atomic E-state index is 0.125. The molecule has 2 N–H and O–H groups in total. The number of hydrogen-bond acceptors (Lipinski definition) is 4. The van der Waals surface area contributed by atoms with E-state index in [1.807, 2.05) is 7.05 Å². The highest BCUT2D eigenvalue weighted by Crippen LogP contribution is 2.04. The lowest BCUT2D eigenvalue weighted by Crippen LogP contribution is -2.26. The van der Waals surface area contributed by atoms with Crippen LogP contribution < -0.4 is 10.6 Å². The standard InChI is InChI=1S/C9H15N3O2/c1-7-8(6-12-14-7)9(13)11-5-3-4-10-2/h6,10H,3-5H2,1-2H3,(H,11,13). The van der Waals surface area contributed by atoms with Crippen LogP contribution in [0.5, 0.6) is 0 Å². The zero-order valence-corrected chi connectivity index (χ0v) is 8.46. The lowest BCUT2D eigenvalue weighted by molar-refractivity contribution is 0.0952. The second-order valence-corrected chi connectivity index (χ2v) is 3.01. The van der Waals surface area contributed by atoms with Crippen molar-refractivity contribution in [2.45, 2.75) is 13.3 Å². The maximum absolute atomic E-state index is 11.5. The fraction of sp³-hybridized carbons (Fsp3) is 0.556. The summed E-state index contributed by atoms with van der Waals surface area (Å²) in [6, 6.07) is 0. The summed E-state index contributed by atoms with van der Waals surface area (Å²) in [6.07, 6.45) is 2.34. The Morgan fingerprint density at radius 3 is 2.93 bits per heavy atom. The number of carbonyl (C=O) groups is 1. The molecule has 0 saturated heterocycles. The van der Waals surface area contributed by atoms with Gasteiger partial charge in [-0.2, -0.15) is 0 Å². The molecular weight excluding hydrogens is 182 g/mol. The molecule has 0 spiro atoms. The smallest absolute Gasteiger partial charge is 0.256 e. The molecule has 0 aliphatic carbocycles. The number of nitrogens with zero attached hydrogens (tertiary/aromatic N) is 1. The van der Waals surface area contributed by atoms with Crippen LogP contribution in [0.3, 0.4) is 0 Å². The van der Waals surface area contributed by atoms with Crippen LogP contribution in [0.2, 0.25) is 0 Å². The number of nitrogens with one attached hydrogen (secondary N) is 2. The zero-order chi connectivity index (χ0) is 10.4. The van der Waals surface area contributed by atoms with Crippen LogP contribution in [0.15, 0.2) is 10.7 Å². The van der Waals surface area contributed by atoms with Gasteiger partial charge in [0.05, 0.1) is 6.20 Å². The minimum Gasteiger partial charge on any atom is -0.361 e. The number of hydrogen-bond donors (Lipinski definition) is 2. The molecule has 0 unspecified atom stereocenters. The third kappa shape index (κ3) is 2.85. The molecule has 1 aromatic heterocycles. The molecule has 0 saturated carbocycles. The second kappa shape index (κ2) is 5.39. The highest BCUT2D eigenvalue weighted by molar-refractivity contribution is 5.94.